The van der Waals surface area contributed by atoms with Gasteiger partial charge in [0.25, 0.3) is 0 Å². The van der Waals surface area contributed by atoms with Crippen LogP contribution in [0.5, 0.6) is 0 Å². The smallest absolute Gasteiger partial charge is 0.0361 e. The van der Waals surface area contributed by atoms with Crippen LogP contribution in [0.1, 0.15) is 39.5 Å². The lowest BCUT2D eigenvalue weighted by molar-refractivity contribution is 0.323. The van der Waals surface area contributed by atoms with Gasteiger partial charge in [-0.15, -0.1) is 0 Å². The van der Waals surface area contributed by atoms with Crippen LogP contribution in [0, 0.1) is 5.92 Å². The lowest BCUT2D eigenvalue weighted by Gasteiger charge is -2.25. The Morgan fingerprint density at radius 1 is 1.50 bits per heavy atom. The standard InChI is InChI=1S/C9H17N/c1-3-9-7(2)5-4-6-8(9)10-9/h7-8,10H,3-6H2,1-2H3/t7-,8?,9+/m0/s1. The number of nitrogens with one attached hydrogen (secondary N) is 1. The lowest BCUT2D eigenvalue weighted by Crippen LogP contribution is -2.28. The molecule has 2 rings (SSSR count). The Morgan fingerprint density at radius 2 is 2.30 bits per heavy atom. The van der Waals surface area contributed by atoms with E-state index in [0.717, 1.165) is 12.0 Å². The van der Waals surface area contributed by atoms with E-state index >= 15 is 0 Å². The molecule has 1 heteroatoms. The maximum absolute atomic E-state index is 3.64. The molecule has 1 unspecified atom stereocenters. The molecule has 0 aromatic carbocycles. The van der Waals surface area contributed by atoms with E-state index in [-0.39, 0.29) is 0 Å². The molecular weight excluding hydrogens is 122 g/mol. The highest BCUT2D eigenvalue weighted by molar-refractivity contribution is 5.17. The number of hydrogen-bond donors (Lipinski definition) is 1. The Kier molecular flexibility index (Phi) is 1.31. The molecule has 1 nitrogen and oxygen atoms in total. The number of rotatable bonds is 1. The molecule has 2 aliphatic rings. The molecule has 1 saturated heterocycles. The Bertz CT molecular complexity index is 144. The summed E-state index contributed by atoms with van der Waals surface area (Å²) in [5, 5.41) is 3.64. The summed E-state index contributed by atoms with van der Waals surface area (Å²) in [4.78, 5) is 0. The minimum Gasteiger partial charge on any atom is -0.305 e. The summed E-state index contributed by atoms with van der Waals surface area (Å²) >= 11 is 0. The fourth-order valence-corrected chi connectivity index (χ4v) is 2.68. The fraction of sp³-hybridized carbons (Fsp3) is 1.00. The van der Waals surface area contributed by atoms with Gasteiger partial charge >= 0.3 is 0 Å². The molecule has 2 fully saturated rings. The second kappa shape index (κ2) is 1.97. The zero-order valence-electron chi connectivity index (χ0n) is 6.98. The Balaban J connectivity index is 2.09. The average molecular weight is 139 g/mol. The van der Waals surface area contributed by atoms with Gasteiger partial charge in [0, 0.05) is 11.6 Å². The molecule has 10 heavy (non-hydrogen) atoms. The SMILES string of the molecule is CC[C@]12NC1CCC[C@@H]2C. The van der Waals surface area contributed by atoms with E-state index in [1.807, 2.05) is 0 Å². The highest BCUT2D eigenvalue weighted by Crippen LogP contribution is 2.46. The Morgan fingerprint density at radius 3 is 2.80 bits per heavy atom. The van der Waals surface area contributed by atoms with Crippen molar-refractivity contribution in [1.29, 1.82) is 0 Å². The van der Waals surface area contributed by atoms with E-state index in [2.05, 4.69) is 19.2 Å². The Labute approximate surface area is 63.2 Å². The summed E-state index contributed by atoms with van der Waals surface area (Å²) in [6, 6.07) is 0.890. The van der Waals surface area contributed by atoms with Crippen molar-refractivity contribution in [3.63, 3.8) is 0 Å². The van der Waals surface area contributed by atoms with Gasteiger partial charge in [0.15, 0.2) is 0 Å². The molecule has 0 aromatic rings. The Hall–Kier alpha value is -0.0400. The van der Waals surface area contributed by atoms with Gasteiger partial charge < -0.3 is 5.32 Å². The summed E-state index contributed by atoms with van der Waals surface area (Å²) in [5.74, 6) is 0.927. The first-order valence-electron chi connectivity index (χ1n) is 4.57. The molecule has 1 aliphatic carbocycles. The highest BCUT2D eigenvalue weighted by Gasteiger charge is 2.56. The van der Waals surface area contributed by atoms with Crippen molar-refractivity contribution in [2.75, 3.05) is 0 Å². The van der Waals surface area contributed by atoms with Crippen molar-refractivity contribution in [2.24, 2.45) is 5.92 Å². The van der Waals surface area contributed by atoms with Crippen LogP contribution in [0.15, 0.2) is 0 Å². The van der Waals surface area contributed by atoms with Gasteiger partial charge in [-0.3, -0.25) is 0 Å². The number of hydrogen-bond acceptors (Lipinski definition) is 1. The van der Waals surface area contributed by atoms with Crippen molar-refractivity contribution in [3.05, 3.63) is 0 Å². The van der Waals surface area contributed by atoms with E-state index in [1.165, 1.54) is 25.7 Å². The predicted octanol–water partition coefficient (Wildman–Crippen LogP) is 1.93. The van der Waals surface area contributed by atoms with Crippen LogP contribution in [0.3, 0.4) is 0 Å². The maximum Gasteiger partial charge on any atom is 0.0361 e. The van der Waals surface area contributed by atoms with E-state index in [0.29, 0.717) is 5.54 Å². The van der Waals surface area contributed by atoms with Gasteiger partial charge in [-0.2, -0.15) is 0 Å². The zero-order valence-corrected chi connectivity index (χ0v) is 6.98. The van der Waals surface area contributed by atoms with Crippen molar-refractivity contribution in [2.45, 2.75) is 51.1 Å². The summed E-state index contributed by atoms with van der Waals surface area (Å²) in [6.45, 7) is 4.71. The molecule has 0 radical (unpaired) electrons. The zero-order chi connectivity index (χ0) is 7.19. The molecule has 1 heterocycles. The third-order valence-corrected chi connectivity index (χ3v) is 3.58. The second-order valence-corrected chi connectivity index (χ2v) is 3.92. The van der Waals surface area contributed by atoms with Crippen LogP contribution in [0.4, 0.5) is 0 Å². The lowest BCUT2D eigenvalue weighted by atomic mass is 9.78. The van der Waals surface area contributed by atoms with Crippen molar-refractivity contribution in [1.82, 2.24) is 5.32 Å². The van der Waals surface area contributed by atoms with E-state index in [1.54, 1.807) is 0 Å². The average Bonchev–Trinajstić information content (AvgIpc) is 2.65. The van der Waals surface area contributed by atoms with Crippen LogP contribution >= 0.6 is 0 Å². The highest BCUT2D eigenvalue weighted by atomic mass is 15.2. The topological polar surface area (TPSA) is 21.9 Å². The summed E-state index contributed by atoms with van der Waals surface area (Å²) in [6.07, 6.45) is 5.65. The molecule has 0 spiro atoms. The summed E-state index contributed by atoms with van der Waals surface area (Å²) in [5.41, 5.74) is 0.595. The minimum atomic E-state index is 0.595. The van der Waals surface area contributed by atoms with Crippen molar-refractivity contribution < 1.29 is 0 Å². The van der Waals surface area contributed by atoms with Gasteiger partial charge in [-0.1, -0.05) is 20.3 Å². The van der Waals surface area contributed by atoms with Crippen molar-refractivity contribution >= 4 is 0 Å². The molecule has 3 atom stereocenters. The largest absolute Gasteiger partial charge is 0.305 e. The molecule has 58 valence electrons. The first-order chi connectivity index (χ1) is 4.79. The molecule has 1 N–H and O–H groups in total. The molecule has 0 amide bonds. The van der Waals surface area contributed by atoms with E-state index in [4.69, 9.17) is 0 Å². The van der Waals surface area contributed by atoms with Gasteiger partial charge in [0.1, 0.15) is 0 Å². The second-order valence-electron chi connectivity index (χ2n) is 3.92. The molecule has 0 aromatic heterocycles. The van der Waals surface area contributed by atoms with E-state index < -0.39 is 0 Å². The first kappa shape index (κ1) is 6.66. The van der Waals surface area contributed by atoms with Crippen LogP contribution in [0.25, 0.3) is 0 Å². The molecule has 1 aliphatic heterocycles. The van der Waals surface area contributed by atoms with Crippen LogP contribution in [-0.4, -0.2) is 11.6 Å². The minimum absolute atomic E-state index is 0.595. The van der Waals surface area contributed by atoms with Gasteiger partial charge in [-0.25, -0.2) is 0 Å². The molecular formula is C9H17N. The third kappa shape index (κ3) is 0.672. The van der Waals surface area contributed by atoms with E-state index in [9.17, 15) is 0 Å². The fourth-order valence-electron chi connectivity index (χ4n) is 2.68. The van der Waals surface area contributed by atoms with Gasteiger partial charge in [-0.05, 0) is 25.2 Å². The predicted molar refractivity (Wildman–Crippen MR) is 43.0 cm³/mol. The monoisotopic (exact) mass is 139 g/mol. The molecule has 1 saturated carbocycles. The normalized spacial score (nSPS) is 52.2. The summed E-state index contributed by atoms with van der Waals surface area (Å²) in [7, 11) is 0. The van der Waals surface area contributed by atoms with Crippen LogP contribution < -0.4 is 5.32 Å². The number of fused-ring (bicyclic) bond motifs is 1. The first-order valence-corrected chi connectivity index (χ1v) is 4.57. The maximum atomic E-state index is 3.64. The van der Waals surface area contributed by atoms with Gasteiger partial charge in [0.05, 0.1) is 0 Å². The van der Waals surface area contributed by atoms with Gasteiger partial charge in [0.2, 0.25) is 0 Å². The van der Waals surface area contributed by atoms with Crippen LogP contribution in [-0.2, 0) is 0 Å². The molecule has 0 bridgehead atoms. The quantitative estimate of drug-likeness (QED) is 0.551. The third-order valence-electron chi connectivity index (χ3n) is 3.58. The van der Waals surface area contributed by atoms with Crippen LogP contribution in [0.2, 0.25) is 0 Å². The van der Waals surface area contributed by atoms with Crippen molar-refractivity contribution in [3.8, 4) is 0 Å². The summed E-state index contributed by atoms with van der Waals surface area (Å²) < 4.78 is 0.